The van der Waals surface area contributed by atoms with E-state index in [1.54, 1.807) is 16.9 Å². The summed E-state index contributed by atoms with van der Waals surface area (Å²) in [6.45, 7) is 2.77. The zero-order valence-electron chi connectivity index (χ0n) is 18.6. The number of rotatable bonds is 2. The van der Waals surface area contributed by atoms with Gasteiger partial charge in [-0.05, 0) is 49.9 Å². The third-order valence-corrected chi connectivity index (χ3v) is 6.49. The first-order chi connectivity index (χ1) is 16.0. The van der Waals surface area contributed by atoms with E-state index in [2.05, 4.69) is 9.67 Å². The van der Waals surface area contributed by atoms with Gasteiger partial charge in [-0.1, -0.05) is 0 Å². The maximum atomic E-state index is 14.3. The number of hydrogen-bond donors (Lipinski definition) is 1. The molecule has 168 valence electrons. The number of aromatic nitrogens is 5. The summed E-state index contributed by atoms with van der Waals surface area (Å²) in [6.07, 6.45) is 8.40. The van der Waals surface area contributed by atoms with E-state index in [0.29, 0.717) is 29.5 Å². The minimum atomic E-state index is -0.458. The third-order valence-electron chi connectivity index (χ3n) is 6.49. The summed E-state index contributed by atoms with van der Waals surface area (Å²) in [5.41, 5.74) is 12.6. The number of fused-ring (bicyclic) bond motifs is 7. The van der Waals surface area contributed by atoms with Crippen molar-refractivity contribution in [3.63, 3.8) is 0 Å². The van der Waals surface area contributed by atoms with Crippen molar-refractivity contribution < 1.29 is 9.13 Å². The molecule has 0 spiro atoms. The highest BCUT2D eigenvalue weighted by Crippen LogP contribution is 2.39. The van der Waals surface area contributed by atoms with E-state index in [0.717, 1.165) is 40.2 Å². The van der Waals surface area contributed by atoms with Crippen LogP contribution in [0.5, 0.6) is 5.75 Å². The van der Waals surface area contributed by atoms with Crippen LogP contribution < -0.4 is 10.5 Å². The van der Waals surface area contributed by atoms with Gasteiger partial charge in [0.2, 0.25) is 0 Å². The largest absolute Gasteiger partial charge is 0.482 e. The van der Waals surface area contributed by atoms with E-state index in [-0.39, 0.29) is 5.82 Å². The van der Waals surface area contributed by atoms with E-state index in [9.17, 15) is 4.39 Å². The fraction of sp³-hybridized carbons (Fsp3) is 0.320. The lowest BCUT2D eigenvalue weighted by Crippen LogP contribution is -2.10. The fourth-order valence-corrected chi connectivity index (χ4v) is 4.69. The molecule has 0 radical (unpaired) electrons. The van der Waals surface area contributed by atoms with Crippen LogP contribution in [-0.4, -0.2) is 24.5 Å². The number of benzene rings is 1. The monoisotopic (exact) mass is 444 g/mol. The van der Waals surface area contributed by atoms with Crippen LogP contribution in [0.25, 0.3) is 22.5 Å². The number of aryl methyl sites for hydroxylation is 1. The Balaban J connectivity index is 1.60. The second-order valence-corrected chi connectivity index (χ2v) is 9.10. The zero-order valence-corrected chi connectivity index (χ0v) is 18.6. The van der Waals surface area contributed by atoms with Crippen LogP contribution in [0.15, 0.2) is 42.9 Å². The molecule has 2 aliphatic rings. The molecular weight excluding hydrogens is 419 g/mol. The summed E-state index contributed by atoms with van der Waals surface area (Å²) >= 11 is 0. The maximum Gasteiger partial charge on any atom is 0.166 e. The molecule has 8 heteroatoms. The maximum absolute atomic E-state index is 14.3. The molecule has 4 aromatic rings. The molecule has 33 heavy (non-hydrogen) atoms. The van der Waals surface area contributed by atoms with Gasteiger partial charge in [-0.25, -0.2) is 9.37 Å². The average Bonchev–Trinajstić information content (AvgIpc) is 3.41. The van der Waals surface area contributed by atoms with Gasteiger partial charge in [0, 0.05) is 60.2 Å². The first-order valence-electron chi connectivity index (χ1n) is 11.3. The molecule has 2 N–H and O–H groups in total. The fourth-order valence-electron chi connectivity index (χ4n) is 4.69. The molecule has 0 saturated heterocycles. The smallest absolute Gasteiger partial charge is 0.166 e. The van der Waals surface area contributed by atoms with Crippen molar-refractivity contribution >= 4 is 5.82 Å². The summed E-state index contributed by atoms with van der Waals surface area (Å²) in [4.78, 5) is 4.42. The van der Waals surface area contributed by atoms with Gasteiger partial charge in [0.25, 0.3) is 0 Å². The summed E-state index contributed by atoms with van der Waals surface area (Å²) in [6, 6.07) is 6.67. The number of nitrogen functional groups attached to an aromatic ring is 1. The van der Waals surface area contributed by atoms with Crippen molar-refractivity contribution in [2.45, 2.75) is 38.8 Å². The first-order valence-corrected chi connectivity index (χ1v) is 11.3. The molecular formula is C25H25FN6O. The highest BCUT2D eigenvalue weighted by atomic mass is 19.1. The Hall–Kier alpha value is -3.68. The number of hydrogen-bond acceptors (Lipinski definition) is 5. The van der Waals surface area contributed by atoms with Gasteiger partial charge < -0.3 is 10.5 Å². The van der Waals surface area contributed by atoms with Crippen molar-refractivity contribution in [1.82, 2.24) is 24.5 Å². The van der Waals surface area contributed by atoms with Gasteiger partial charge in [0.15, 0.2) is 11.6 Å². The predicted molar refractivity (Wildman–Crippen MR) is 123 cm³/mol. The molecule has 4 heterocycles. The molecule has 1 fully saturated rings. The Morgan fingerprint density at radius 3 is 2.85 bits per heavy atom. The molecule has 1 aliphatic carbocycles. The van der Waals surface area contributed by atoms with Gasteiger partial charge in [0.1, 0.15) is 11.9 Å². The summed E-state index contributed by atoms with van der Waals surface area (Å²) < 4.78 is 24.4. The van der Waals surface area contributed by atoms with Crippen molar-refractivity contribution in [3.8, 4) is 28.3 Å². The van der Waals surface area contributed by atoms with Crippen molar-refractivity contribution in [2.75, 3.05) is 5.73 Å². The minimum Gasteiger partial charge on any atom is -0.482 e. The lowest BCUT2D eigenvalue weighted by Gasteiger charge is -2.21. The second-order valence-electron chi connectivity index (χ2n) is 9.10. The van der Waals surface area contributed by atoms with Crippen LogP contribution in [0.4, 0.5) is 10.2 Å². The van der Waals surface area contributed by atoms with Crippen LogP contribution in [0.1, 0.15) is 42.6 Å². The number of nitrogens with zero attached hydrogens (tertiary/aromatic N) is 5. The van der Waals surface area contributed by atoms with E-state index in [1.165, 1.54) is 25.0 Å². The quantitative estimate of drug-likeness (QED) is 0.491. The Morgan fingerprint density at radius 2 is 2.03 bits per heavy atom. The topological polar surface area (TPSA) is 83.8 Å². The standard InChI is InChI=1S/C25H25FN6O/c1-14-21-9-19(26)5-6-20(21)23-18(13-31(2)30-23)7-16-11-29-32(12-15-3-4-15)24(16)17-8-22(33-14)25(27)28-10-17/h5-6,8-11,13-15H,3-4,7,12H2,1-2H3,(H2,27,28)/t14-/m1/s1. The van der Waals surface area contributed by atoms with E-state index in [4.69, 9.17) is 20.7 Å². The number of ether oxygens (including phenoxy) is 1. The molecule has 2 bridgehead atoms. The third kappa shape index (κ3) is 3.55. The number of nitrogens with two attached hydrogens (primary N) is 1. The van der Waals surface area contributed by atoms with Gasteiger partial charge in [0.05, 0.1) is 17.6 Å². The number of halogens is 1. The van der Waals surface area contributed by atoms with Gasteiger partial charge in [-0.3, -0.25) is 9.36 Å². The predicted octanol–water partition coefficient (Wildman–Crippen LogP) is 4.52. The number of anilines is 1. The highest BCUT2D eigenvalue weighted by Gasteiger charge is 2.27. The van der Waals surface area contributed by atoms with Crippen LogP contribution >= 0.6 is 0 Å². The van der Waals surface area contributed by atoms with Gasteiger partial charge in [-0.2, -0.15) is 10.2 Å². The molecule has 6 rings (SSSR count). The molecule has 1 saturated carbocycles. The minimum absolute atomic E-state index is 0.300. The molecule has 7 nitrogen and oxygen atoms in total. The Bertz CT molecular complexity index is 1370. The van der Waals surface area contributed by atoms with Crippen LogP contribution in [0, 0.1) is 11.7 Å². The van der Waals surface area contributed by atoms with Crippen molar-refractivity contribution in [1.29, 1.82) is 0 Å². The SMILES string of the molecule is C[C@H]1Oc2cc(cnc2N)-c2c(cnn2CC2CC2)Cc2cn(C)nc2-c2ccc(F)cc21. The van der Waals surface area contributed by atoms with E-state index >= 15 is 0 Å². The zero-order chi connectivity index (χ0) is 22.7. The molecule has 3 aromatic heterocycles. The van der Waals surface area contributed by atoms with E-state index < -0.39 is 6.10 Å². The molecule has 0 unspecified atom stereocenters. The lowest BCUT2D eigenvalue weighted by atomic mass is 9.95. The Kier molecular flexibility index (Phi) is 4.50. The summed E-state index contributed by atoms with van der Waals surface area (Å²) in [5.74, 6) is 1.12. The van der Waals surface area contributed by atoms with Crippen LogP contribution in [-0.2, 0) is 20.0 Å². The first kappa shape index (κ1) is 20.0. The Labute approximate surface area is 191 Å². The average molecular weight is 445 g/mol. The normalized spacial score (nSPS) is 17.2. The Morgan fingerprint density at radius 1 is 1.18 bits per heavy atom. The van der Waals surface area contributed by atoms with Crippen molar-refractivity contribution in [2.24, 2.45) is 13.0 Å². The van der Waals surface area contributed by atoms with Crippen molar-refractivity contribution in [3.05, 3.63) is 65.4 Å². The summed E-state index contributed by atoms with van der Waals surface area (Å²) in [5, 5.41) is 9.48. The van der Waals surface area contributed by atoms with Crippen LogP contribution in [0.3, 0.4) is 0 Å². The molecule has 1 aliphatic heterocycles. The molecule has 0 amide bonds. The van der Waals surface area contributed by atoms with Gasteiger partial charge >= 0.3 is 0 Å². The second kappa shape index (κ2) is 7.43. The number of pyridine rings is 1. The molecule has 1 atom stereocenters. The lowest BCUT2D eigenvalue weighted by molar-refractivity contribution is 0.227. The molecule has 1 aromatic carbocycles. The summed E-state index contributed by atoms with van der Waals surface area (Å²) in [7, 11) is 1.90. The van der Waals surface area contributed by atoms with Crippen LogP contribution in [0.2, 0.25) is 0 Å². The highest BCUT2D eigenvalue weighted by molar-refractivity contribution is 5.71. The van der Waals surface area contributed by atoms with E-state index in [1.807, 2.05) is 32.4 Å². The van der Waals surface area contributed by atoms with Gasteiger partial charge in [-0.15, -0.1) is 0 Å².